The molecule has 0 heterocycles. The first kappa shape index (κ1) is 35.7. The topological polar surface area (TPSA) is 43.4 Å². The molecule has 3 aromatic carbocycles. The van der Waals surface area contributed by atoms with E-state index in [1.54, 1.807) is 6.92 Å². The molecule has 0 saturated heterocycles. The van der Waals surface area contributed by atoms with Crippen molar-refractivity contribution in [3.05, 3.63) is 114 Å². The molecule has 0 N–H and O–H groups in total. The molecule has 4 rings (SSSR count). The Labute approximate surface area is 278 Å². The van der Waals surface area contributed by atoms with Gasteiger partial charge in [-0.05, 0) is 69.0 Å². The molecular formula is C39H50BrO3P. The first-order valence-corrected chi connectivity index (χ1v) is 17.9. The van der Waals surface area contributed by atoms with Crippen molar-refractivity contribution in [2.45, 2.75) is 85.0 Å². The fraction of sp³-hybridized carbons (Fsp3) is 0.385. The lowest BCUT2D eigenvalue weighted by atomic mass is 9.90. The van der Waals surface area contributed by atoms with Gasteiger partial charge >= 0.3 is 0 Å². The van der Waals surface area contributed by atoms with E-state index in [1.807, 2.05) is 6.92 Å². The number of Topliss-reactive ketones (excluding diaryl/α,β-unsaturated/α-hetero) is 1. The lowest BCUT2D eigenvalue weighted by Crippen LogP contribution is -3.00. The lowest BCUT2D eigenvalue weighted by Gasteiger charge is -2.27. The molecule has 0 atom stereocenters. The molecule has 236 valence electrons. The normalized spacial score (nSPS) is 13.3. The lowest BCUT2D eigenvalue weighted by molar-refractivity contribution is -0.118. The predicted octanol–water partition coefficient (Wildman–Crippen LogP) is 5.91. The number of ketones is 2. The zero-order valence-corrected chi connectivity index (χ0v) is 29.3. The van der Waals surface area contributed by atoms with Crippen LogP contribution in [-0.4, -0.2) is 24.8 Å². The summed E-state index contributed by atoms with van der Waals surface area (Å²) in [7, 11) is -0.281. The van der Waals surface area contributed by atoms with Gasteiger partial charge in [0.2, 0.25) is 5.78 Å². The van der Waals surface area contributed by atoms with Crippen LogP contribution in [0, 0.1) is 0 Å². The fourth-order valence-corrected chi connectivity index (χ4v) is 10.2. The Bertz CT molecular complexity index is 1260. The maximum absolute atomic E-state index is 12.5. The third-order valence-electron chi connectivity index (χ3n) is 8.06. The van der Waals surface area contributed by atoms with Crippen molar-refractivity contribution in [1.82, 2.24) is 0 Å². The van der Waals surface area contributed by atoms with Crippen LogP contribution in [0.5, 0.6) is 0 Å². The molecule has 1 aliphatic carbocycles. The number of hydrogen-bond donors (Lipinski definition) is 0. The summed E-state index contributed by atoms with van der Waals surface area (Å²) < 4.78 is 11.6. The van der Waals surface area contributed by atoms with Gasteiger partial charge in [-0.3, -0.25) is 9.59 Å². The van der Waals surface area contributed by atoms with Crippen LogP contribution in [0.15, 0.2) is 114 Å². The first-order chi connectivity index (χ1) is 21.5. The minimum Gasteiger partial charge on any atom is -1.00 e. The Kier molecular flexibility index (Phi) is 16.4. The Morgan fingerprint density at radius 1 is 0.682 bits per heavy atom. The number of allylic oxidation sites excluding steroid dienone is 3. The highest BCUT2D eigenvalue weighted by Crippen LogP contribution is 2.56. The van der Waals surface area contributed by atoms with Crippen LogP contribution < -0.4 is 32.9 Å². The van der Waals surface area contributed by atoms with Crippen LogP contribution in [0.25, 0.3) is 0 Å². The number of unbranched alkanes of at least 4 members (excludes halogenated alkanes) is 7. The number of rotatable bonds is 15. The van der Waals surface area contributed by atoms with Crippen molar-refractivity contribution in [1.29, 1.82) is 0 Å². The molecule has 0 radical (unpaired) electrons. The zero-order chi connectivity index (χ0) is 31.6. The predicted molar refractivity (Wildman–Crippen MR) is 185 cm³/mol. The minimum absolute atomic E-state index is 0. The summed E-state index contributed by atoms with van der Waals surface area (Å²) in [6, 6.07) is 33.4. The minimum atomic E-state index is -1.73. The molecule has 0 spiro atoms. The number of hydrogen-bond acceptors (Lipinski definition) is 3. The van der Waals surface area contributed by atoms with E-state index in [-0.39, 0.29) is 34.3 Å². The maximum Gasteiger partial charge on any atom is 0.224 e. The molecule has 3 nitrogen and oxygen atoms in total. The SMILES string of the molecule is COC1=CC(=O)C(C)=C(CCCCCCCCCC[P+](c2ccccc2)(c2ccccc2)c2ccccc2)C1=O.[2H]CCC.[Br-]. The van der Waals surface area contributed by atoms with E-state index in [9.17, 15) is 9.59 Å². The van der Waals surface area contributed by atoms with E-state index in [1.165, 1.54) is 67.4 Å². The molecule has 44 heavy (non-hydrogen) atoms. The number of methoxy groups -OCH3 is 1. The molecule has 0 aliphatic heterocycles. The Morgan fingerprint density at radius 3 is 1.50 bits per heavy atom. The largest absolute Gasteiger partial charge is 1.00 e. The molecule has 0 fully saturated rings. The second kappa shape index (κ2) is 20.3. The molecule has 1 aliphatic rings. The van der Waals surface area contributed by atoms with Gasteiger partial charge in [0.15, 0.2) is 11.5 Å². The van der Waals surface area contributed by atoms with E-state index in [0.717, 1.165) is 25.7 Å². The van der Waals surface area contributed by atoms with Crippen molar-refractivity contribution in [2.24, 2.45) is 0 Å². The second-order valence-corrected chi connectivity index (χ2v) is 14.7. The molecule has 5 heteroatoms. The van der Waals surface area contributed by atoms with E-state index < -0.39 is 7.26 Å². The standard InChI is InChI=1S/C36H42O3P.C3H8.BrH/c1-29-33(36(38)35(39-2)28-34(29)37)26-18-7-5-3-4-6-8-19-27-40(30-20-12-9-13-21-30,31-22-14-10-15-23-31)32-24-16-11-17-25-32;1-3-2;/h9-17,20-25,28H,3-8,18-19,26-27H2,1-2H3;3H2,1-2H3;1H/q+1;;/p-1/i;1D;. The summed E-state index contributed by atoms with van der Waals surface area (Å²) in [4.78, 5) is 24.6. The van der Waals surface area contributed by atoms with Crippen molar-refractivity contribution in [3.8, 4) is 0 Å². The molecule has 0 saturated carbocycles. The summed E-state index contributed by atoms with van der Waals surface area (Å²) in [5, 5.41) is 4.39. The van der Waals surface area contributed by atoms with Crippen LogP contribution in [0.3, 0.4) is 0 Å². The van der Waals surface area contributed by atoms with Gasteiger partial charge in [-0.25, -0.2) is 0 Å². The van der Waals surface area contributed by atoms with Crippen LogP contribution in [0.2, 0.25) is 0 Å². The van der Waals surface area contributed by atoms with Crippen molar-refractivity contribution >= 4 is 34.7 Å². The van der Waals surface area contributed by atoms with Crippen LogP contribution in [0.1, 0.15) is 86.3 Å². The highest BCUT2D eigenvalue weighted by atomic mass is 79.9. The highest BCUT2D eigenvalue weighted by molar-refractivity contribution is 7.95. The molecule has 0 aromatic heterocycles. The van der Waals surface area contributed by atoms with Crippen LogP contribution in [0.4, 0.5) is 0 Å². The Balaban J connectivity index is 0.00000133. The van der Waals surface area contributed by atoms with Gasteiger partial charge in [-0.15, -0.1) is 0 Å². The Hall–Kier alpha value is -2.81. The van der Waals surface area contributed by atoms with Gasteiger partial charge in [0.1, 0.15) is 23.2 Å². The van der Waals surface area contributed by atoms with E-state index >= 15 is 0 Å². The van der Waals surface area contributed by atoms with Crippen molar-refractivity contribution < 1.29 is 32.7 Å². The van der Waals surface area contributed by atoms with Gasteiger partial charge in [0.05, 0.1) is 13.3 Å². The average molecular weight is 679 g/mol. The quantitative estimate of drug-likeness (QED) is 0.114. The molecule has 0 amide bonds. The van der Waals surface area contributed by atoms with Gasteiger partial charge in [0, 0.05) is 18.6 Å². The number of carbonyl (C=O) groups excluding carboxylic acids is 2. The van der Waals surface area contributed by atoms with Gasteiger partial charge in [-0.1, -0.05) is 107 Å². The van der Waals surface area contributed by atoms with E-state index in [0.29, 0.717) is 24.5 Å². The Morgan fingerprint density at radius 2 is 1.09 bits per heavy atom. The third-order valence-corrected chi connectivity index (χ3v) is 12.6. The van der Waals surface area contributed by atoms with Crippen LogP contribution >= 0.6 is 7.26 Å². The molecule has 3 aromatic rings. The van der Waals surface area contributed by atoms with Crippen molar-refractivity contribution in [3.63, 3.8) is 0 Å². The monoisotopic (exact) mass is 677 g/mol. The fourth-order valence-electron chi connectivity index (χ4n) is 5.81. The number of benzene rings is 3. The van der Waals surface area contributed by atoms with Gasteiger partial charge in [-0.2, -0.15) is 0 Å². The summed E-state index contributed by atoms with van der Waals surface area (Å²) in [6.07, 6.45) is 13.5. The van der Waals surface area contributed by atoms with Crippen molar-refractivity contribution in [2.75, 3.05) is 13.3 Å². The van der Waals surface area contributed by atoms with Gasteiger partial charge in [0.25, 0.3) is 0 Å². The zero-order valence-electron chi connectivity index (χ0n) is 27.8. The van der Waals surface area contributed by atoms with E-state index in [4.69, 9.17) is 6.11 Å². The molecular weight excluding hydrogens is 627 g/mol. The maximum atomic E-state index is 12.5. The number of carbonyl (C=O) groups is 2. The summed E-state index contributed by atoms with van der Waals surface area (Å²) in [5.74, 6) is -0.0615. The van der Waals surface area contributed by atoms with Crippen LogP contribution in [-0.2, 0) is 14.3 Å². The molecule has 0 bridgehead atoms. The smallest absolute Gasteiger partial charge is 0.224 e. The third kappa shape index (κ3) is 10.1. The second-order valence-electron chi connectivity index (χ2n) is 11.1. The first-order valence-electron chi connectivity index (χ1n) is 16.6. The number of halogens is 1. The summed E-state index contributed by atoms with van der Waals surface area (Å²) in [5.41, 5.74) is 1.21. The number of ether oxygens (including phenoxy) is 1. The van der Waals surface area contributed by atoms with E-state index in [2.05, 4.69) is 91.0 Å². The van der Waals surface area contributed by atoms with Gasteiger partial charge < -0.3 is 21.7 Å². The molecule has 0 unspecified atom stereocenters. The average Bonchev–Trinajstić information content (AvgIpc) is 3.08. The highest BCUT2D eigenvalue weighted by Gasteiger charge is 2.44. The summed E-state index contributed by atoms with van der Waals surface area (Å²) in [6.45, 7) is 4.32. The summed E-state index contributed by atoms with van der Waals surface area (Å²) >= 11 is 0.